The number of rotatable bonds is 4. The lowest BCUT2D eigenvalue weighted by Gasteiger charge is -2.13. The van der Waals surface area contributed by atoms with Crippen LogP contribution >= 0.6 is 12.2 Å². The van der Waals surface area contributed by atoms with Crippen molar-refractivity contribution in [3.05, 3.63) is 54.7 Å². The van der Waals surface area contributed by atoms with Crippen molar-refractivity contribution in [2.75, 3.05) is 17.7 Å². The van der Waals surface area contributed by atoms with E-state index in [9.17, 15) is 8.42 Å². The Morgan fingerprint density at radius 3 is 2.54 bits per heavy atom. The predicted octanol–water partition coefficient (Wildman–Crippen LogP) is 2.70. The number of thiocarbonyl (C=S) groups is 1. The predicted molar refractivity (Wildman–Crippen MR) is 106 cm³/mol. The van der Waals surface area contributed by atoms with Crippen LogP contribution in [0, 0.1) is 0 Å². The molecule has 0 saturated heterocycles. The van der Waals surface area contributed by atoms with Gasteiger partial charge >= 0.3 is 0 Å². The molecule has 2 aromatic carbocycles. The maximum atomic E-state index is 11.3. The number of nitrogens with zero attached hydrogens (tertiary/aromatic N) is 1. The Kier molecular flexibility index (Phi) is 5.03. The normalized spacial score (nSPS) is 11.2. The fourth-order valence-electron chi connectivity index (χ4n) is 2.39. The third kappa shape index (κ3) is 4.07. The number of sulfonamides is 1. The molecule has 9 heteroatoms. The van der Waals surface area contributed by atoms with Crippen LogP contribution in [0.1, 0.15) is 0 Å². The average Bonchev–Trinajstić information content (AvgIpc) is 2.61. The maximum Gasteiger partial charge on any atom is 0.238 e. The molecule has 3 aromatic rings. The summed E-state index contributed by atoms with van der Waals surface area (Å²) < 4.78 is 27.9. The molecule has 26 heavy (non-hydrogen) atoms. The van der Waals surface area contributed by atoms with Crippen molar-refractivity contribution in [2.24, 2.45) is 5.14 Å². The molecule has 0 fully saturated rings. The van der Waals surface area contributed by atoms with Gasteiger partial charge in [-0.2, -0.15) is 0 Å². The third-order valence-corrected chi connectivity index (χ3v) is 4.74. The minimum atomic E-state index is -3.73. The standard InChI is InChI=1S/C17H16N4O3S2/c1-24-13-9-11-3-2-8-19-16(11)15(10-13)21-17(25)20-12-4-6-14(7-5-12)26(18,22)23/h2-10H,1H3,(H2,18,22,23)(H2,20,21,25). The Morgan fingerprint density at radius 1 is 1.15 bits per heavy atom. The smallest absolute Gasteiger partial charge is 0.238 e. The summed E-state index contributed by atoms with van der Waals surface area (Å²) in [6.45, 7) is 0. The highest BCUT2D eigenvalue weighted by atomic mass is 32.2. The third-order valence-electron chi connectivity index (χ3n) is 3.60. The van der Waals surface area contributed by atoms with Crippen molar-refractivity contribution < 1.29 is 13.2 Å². The highest BCUT2D eigenvalue weighted by Crippen LogP contribution is 2.27. The molecule has 7 nitrogen and oxygen atoms in total. The van der Waals surface area contributed by atoms with Crippen LogP contribution in [-0.2, 0) is 10.0 Å². The van der Waals surface area contributed by atoms with Gasteiger partial charge in [-0.1, -0.05) is 6.07 Å². The van der Waals surface area contributed by atoms with E-state index in [1.54, 1.807) is 31.5 Å². The van der Waals surface area contributed by atoms with Crippen molar-refractivity contribution in [1.82, 2.24) is 4.98 Å². The van der Waals surface area contributed by atoms with E-state index in [-0.39, 0.29) is 4.90 Å². The number of pyridine rings is 1. The highest BCUT2D eigenvalue weighted by molar-refractivity contribution is 7.89. The highest BCUT2D eigenvalue weighted by Gasteiger charge is 2.09. The molecule has 134 valence electrons. The van der Waals surface area contributed by atoms with Gasteiger partial charge in [0.25, 0.3) is 0 Å². The molecule has 0 aliphatic heterocycles. The van der Waals surface area contributed by atoms with Crippen LogP contribution in [0.4, 0.5) is 11.4 Å². The van der Waals surface area contributed by atoms with E-state index in [2.05, 4.69) is 15.6 Å². The van der Waals surface area contributed by atoms with E-state index in [4.69, 9.17) is 22.1 Å². The van der Waals surface area contributed by atoms with Crippen LogP contribution in [0.25, 0.3) is 10.9 Å². The minimum absolute atomic E-state index is 0.0323. The van der Waals surface area contributed by atoms with Gasteiger partial charge in [-0.25, -0.2) is 13.6 Å². The largest absolute Gasteiger partial charge is 0.497 e. The lowest BCUT2D eigenvalue weighted by atomic mass is 10.2. The number of fused-ring (bicyclic) bond motifs is 1. The Bertz CT molecular complexity index is 1070. The zero-order valence-electron chi connectivity index (χ0n) is 13.8. The fourth-order valence-corrected chi connectivity index (χ4v) is 3.13. The van der Waals surface area contributed by atoms with Crippen molar-refractivity contribution in [1.29, 1.82) is 0 Å². The molecule has 0 aliphatic carbocycles. The number of nitrogens with one attached hydrogen (secondary N) is 2. The first-order valence-corrected chi connectivity index (χ1v) is 9.46. The first-order valence-electron chi connectivity index (χ1n) is 7.50. The Morgan fingerprint density at radius 2 is 1.88 bits per heavy atom. The van der Waals surface area contributed by atoms with Crippen LogP contribution in [0.15, 0.2) is 59.6 Å². The summed E-state index contributed by atoms with van der Waals surface area (Å²) in [5.74, 6) is 0.674. The van der Waals surface area contributed by atoms with Crippen LogP contribution in [0.2, 0.25) is 0 Å². The summed E-state index contributed by atoms with van der Waals surface area (Å²) in [4.78, 5) is 4.40. The van der Waals surface area contributed by atoms with Gasteiger partial charge in [0.15, 0.2) is 5.11 Å². The van der Waals surface area contributed by atoms with Crippen LogP contribution in [-0.4, -0.2) is 25.6 Å². The zero-order chi connectivity index (χ0) is 18.7. The zero-order valence-corrected chi connectivity index (χ0v) is 15.4. The molecule has 0 spiro atoms. The fraction of sp³-hybridized carbons (Fsp3) is 0.0588. The molecule has 0 radical (unpaired) electrons. The van der Waals surface area contributed by atoms with Crippen molar-refractivity contribution in [2.45, 2.75) is 4.90 Å². The van der Waals surface area contributed by atoms with E-state index in [1.807, 2.05) is 18.2 Å². The van der Waals surface area contributed by atoms with E-state index >= 15 is 0 Å². The molecule has 0 amide bonds. The van der Waals surface area contributed by atoms with Gasteiger partial charge < -0.3 is 15.4 Å². The van der Waals surface area contributed by atoms with Gasteiger partial charge in [0.2, 0.25) is 10.0 Å². The number of ether oxygens (including phenoxy) is 1. The van der Waals surface area contributed by atoms with Gasteiger partial charge in [-0.3, -0.25) is 4.98 Å². The number of methoxy groups -OCH3 is 1. The molecule has 1 heterocycles. The second kappa shape index (κ2) is 7.24. The van der Waals surface area contributed by atoms with E-state index in [0.717, 1.165) is 10.9 Å². The van der Waals surface area contributed by atoms with Gasteiger partial charge in [-0.15, -0.1) is 0 Å². The summed E-state index contributed by atoms with van der Waals surface area (Å²) in [5.41, 5.74) is 2.07. The molecule has 1 aromatic heterocycles. The molecule has 0 bridgehead atoms. The summed E-state index contributed by atoms with van der Waals surface area (Å²) >= 11 is 5.33. The first-order chi connectivity index (χ1) is 12.4. The molecule has 0 unspecified atom stereocenters. The van der Waals surface area contributed by atoms with Crippen molar-refractivity contribution >= 4 is 49.6 Å². The summed E-state index contributed by atoms with van der Waals surface area (Å²) in [5, 5.41) is 12.4. The second-order valence-electron chi connectivity index (χ2n) is 5.40. The molecular formula is C17H16N4O3S2. The first kappa shape index (κ1) is 18.1. The molecule has 0 atom stereocenters. The van der Waals surface area contributed by atoms with Crippen LogP contribution < -0.4 is 20.5 Å². The van der Waals surface area contributed by atoms with Crippen LogP contribution in [0.5, 0.6) is 5.75 Å². The monoisotopic (exact) mass is 388 g/mol. The van der Waals surface area contributed by atoms with Crippen molar-refractivity contribution in [3.63, 3.8) is 0 Å². The number of nitrogens with two attached hydrogens (primary N) is 1. The van der Waals surface area contributed by atoms with Gasteiger partial charge in [0.1, 0.15) is 5.75 Å². The van der Waals surface area contributed by atoms with Crippen LogP contribution in [0.3, 0.4) is 0 Å². The topological polar surface area (TPSA) is 106 Å². The van der Waals surface area contributed by atoms with Gasteiger partial charge in [0.05, 0.1) is 23.2 Å². The number of hydrogen-bond acceptors (Lipinski definition) is 5. The SMILES string of the molecule is COc1cc(NC(=S)Nc2ccc(S(N)(=O)=O)cc2)c2ncccc2c1. The number of hydrogen-bond donors (Lipinski definition) is 3. The molecule has 0 saturated carbocycles. The Balaban J connectivity index is 1.81. The van der Waals surface area contributed by atoms with Crippen molar-refractivity contribution in [3.8, 4) is 5.75 Å². The molecule has 4 N–H and O–H groups in total. The quantitative estimate of drug-likeness (QED) is 0.590. The Hall–Kier alpha value is -2.75. The minimum Gasteiger partial charge on any atom is -0.497 e. The van der Waals surface area contributed by atoms with E-state index in [1.165, 1.54) is 12.1 Å². The number of anilines is 2. The summed E-state index contributed by atoms with van der Waals surface area (Å²) in [6.07, 6.45) is 1.70. The van der Waals surface area contributed by atoms with E-state index < -0.39 is 10.0 Å². The molecule has 3 rings (SSSR count). The number of benzene rings is 2. The number of primary sulfonamides is 1. The van der Waals surface area contributed by atoms with Gasteiger partial charge in [0, 0.05) is 23.3 Å². The Labute approximate surface area is 156 Å². The summed E-state index contributed by atoms with van der Waals surface area (Å²) in [7, 11) is -2.14. The lowest BCUT2D eigenvalue weighted by molar-refractivity contribution is 0.415. The van der Waals surface area contributed by atoms with Gasteiger partial charge in [-0.05, 0) is 48.6 Å². The summed E-state index contributed by atoms with van der Waals surface area (Å²) in [6, 6.07) is 13.4. The lowest BCUT2D eigenvalue weighted by Crippen LogP contribution is -2.19. The molecular weight excluding hydrogens is 372 g/mol. The average molecular weight is 388 g/mol. The molecule has 0 aliphatic rings. The second-order valence-corrected chi connectivity index (χ2v) is 7.37. The number of aromatic nitrogens is 1. The van der Waals surface area contributed by atoms with E-state index in [0.29, 0.717) is 22.2 Å². The maximum absolute atomic E-state index is 11.3.